The van der Waals surface area contributed by atoms with Crippen molar-refractivity contribution in [2.24, 2.45) is 0 Å². The molecule has 9 nitrogen and oxygen atoms in total. The Kier molecular flexibility index (Phi) is 7.63. The number of ether oxygens (including phenoxy) is 3. The van der Waals surface area contributed by atoms with Crippen molar-refractivity contribution in [1.29, 1.82) is 0 Å². The summed E-state index contributed by atoms with van der Waals surface area (Å²) in [6.07, 6.45) is 2.59. The predicted octanol–water partition coefficient (Wildman–Crippen LogP) is 3.20. The van der Waals surface area contributed by atoms with Crippen LogP contribution in [0.2, 0.25) is 0 Å². The fourth-order valence-corrected chi connectivity index (χ4v) is 4.68. The second kappa shape index (κ2) is 10.3. The summed E-state index contributed by atoms with van der Waals surface area (Å²) in [7, 11) is 0.454. The SMILES string of the molecule is COC(=O)C(C)(C)n1cc(S(=O)(=O)N(Cc2ccc(OC)cc2)Cc2ccc(OC)cc2)cn1. The van der Waals surface area contributed by atoms with Crippen LogP contribution < -0.4 is 9.47 Å². The Morgan fingerprint density at radius 3 is 1.79 bits per heavy atom. The van der Waals surface area contributed by atoms with Crippen molar-refractivity contribution in [2.75, 3.05) is 21.3 Å². The Hall–Kier alpha value is -3.37. The number of hydrogen-bond acceptors (Lipinski definition) is 7. The number of esters is 1. The van der Waals surface area contributed by atoms with Crippen LogP contribution in [0.3, 0.4) is 0 Å². The molecule has 0 N–H and O–H groups in total. The van der Waals surface area contributed by atoms with Crippen LogP contribution in [0.15, 0.2) is 65.8 Å². The van der Waals surface area contributed by atoms with E-state index >= 15 is 0 Å². The molecule has 0 saturated carbocycles. The van der Waals surface area contributed by atoms with Gasteiger partial charge in [0.2, 0.25) is 10.0 Å². The van der Waals surface area contributed by atoms with Crippen LogP contribution in [0.25, 0.3) is 0 Å². The number of rotatable bonds is 10. The quantitative estimate of drug-likeness (QED) is 0.405. The van der Waals surface area contributed by atoms with Gasteiger partial charge in [-0.05, 0) is 49.2 Å². The number of sulfonamides is 1. The lowest BCUT2D eigenvalue weighted by atomic mass is 10.1. The molecule has 182 valence electrons. The van der Waals surface area contributed by atoms with E-state index in [1.807, 2.05) is 24.3 Å². The molecule has 1 heterocycles. The number of carbonyl (C=O) groups excluding carboxylic acids is 1. The molecule has 0 aliphatic heterocycles. The molecule has 2 aromatic carbocycles. The predicted molar refractivity (Wildman–Crippen MR) is 126 cm³/mol. The molecule has 10 heteroatoms. The molecule has 3 aromatic rings. The number of nitrogens with zero attached hydrogens (tertiary/aromatic N) is 3. The summed E-state index contributed by atoms with van der Waals surface area (Å²) in [5.74, 6) is 0.826. The molecule has 0 saturated heterocycles. The molecule has 0 fully saturated rings. The number of methoxy groups -OCH3 is 3. The minimum Gasteiger partial charge on any atom is -0.497 e. The van der Waals surface area contributed by atoms with Gasteiger partial charge < -0.3 is 14.2 Å². The van der Waals surface area contributed by atoms with E-state index in [2.05, 4.69) is 5.10 Å². The summed E-state index contributed by atoms with van der Waals surface area (Å²) < 4.78 is 45.2. The lowest BCUT2D eigenvalue weighted by Crippen LogP contribution is -2.37. The Morgan fingerprint density at radius 1 is 0.912 bits per heavy atom. The highest BCUT2D eigenvalue weighted by Crippen LogP contribution is 2.25. The van der Waals surface area contributed by atoms with Gasteiger partial charge in [0.1, 0.15) is 16.4 Å². The Bertz CT molecular complexity index is 1170. The standard InChI is InChI=1S/C24H29N3O6S/c1-24(2,23(28)33-5)27-17-22(14-25-27)34(29,30)26(15-18-6-10-20(31-3)11-7-18)16-19-8-12-21(32-4)13-9-19/h6-14,17H,15-16H2,1-5H3. The van der Waals surface area contributed by atoms with E-state index < -0.39 is 21.5 Å². The molecule has 1 aromatic heterocycles. The molecule has 0 aliphatic carbocycles. The third-order valence-corrected chi connectivity index (χ3v) is 7.23. The molecule has 34 heavy (non-hydrogen) atoms. The van der Waals surface area contributed by atoms with Crippen molar-refractivity contribution in [2.45, 2.75) is 37.4 Å². The van der Waals surface area contributed by atoms with Crippen molar-refractivity contribution in [3.05, 3.63) is 72.1 Å². The molecule has 0 aliphatic rings. The van der Waals surface area contributed by atoms with Crippen LogP contribution in [0, 0.1) is 0 Å². The van der Waals surface area contributed by atoms with Gasteiger partial charge in [0.05, 0.1) is 27.5 Å². The smallest absolute Gasteiger partial charge is 0.333 e. The zero-order chi connectivity index (χ0) is 24.9. The first kappa shape index (κ1) is 25.3. The van der Waals surface area contributed by atoms with Crippen LogP contribution in [0.5, 0.6) is 11.5 Å². The lowest BCUT2D eigenvalue weighted by Gasteiger charge is -2.23. The van der Waals surface area contributed by atoms with E-state index in [0.717, 1.165) is 11.1 Å². The van der Waals surface area contributed by atoms with E-state index in [0.29, 0.717) is 11.5 Å². The normalized spacial score (nSPS) is 11.9. The van der Waals surface area contributed by atoms with Gasteiger partial charge in [-0.15, -0.1) is 0 Å². The van der Waals surface area contributed by atoms with E-state index in [1.165, 1.54) is 28.5 Å². The second-order valence-electron chi connectivity index (χ2n) is 8.14. The van der Waals surface area contributed by atoms with Crippen LogP contribution >= 0.6 is 0 Å². The molecule has 3 rings (SSSR count). The molecule has 0 radical (unpaired) electrons. The summed E-state index contributed by atoms with van der Waals surface area (Å²) >= 11 is 0. The van der Waals surface area contributed by atoms with Gasteiger partial charge in [-0.3, -0.25) is 4.68 Å². The van der Waals surface area contributed by atoms with E-state index in [1.54, 1.807) is 52.3 Å². The maximum atomic E-state index is 13.7. The molecule has 0 atom stereocenters. The van der Waals surface area contributed by atoms with Gasteiger partial charge in [0.25, 0.3) is 0 Å². The summed E-state index contributed by atoms with van der Waals surface area (Å²) in [6.45, 7) is 3.47. The first-order valence-electron chi connectivity index (χ1n) is 10.5. The van der Waals surface area contributed by atoms with Crippen LogP contribution in [0.4, 0.5) is 0 Å². The highest BCUT2D eigenvalue weighted by Gasteiger charge is 2.34. The van der Waals surface area contributed by atoms with E-state index in [-0.39, 0.29) is 18.0 Å². The van der Waals surface area contributed by atoms with Gasteiger partial charge in [-0.25, -0.2) is 13.2 Å². The van der Waals surface area contributed by atoms with Crippen molar-refractivity contribution in [3.8, 4) is 11.5 Å². The maximum Gasteiger partial charge on any atom is 0.333 e. The van der Waals surface area contributed by atoms with Crippen LogP contribution in [-0.4, -0.2) is 49.8 Å². The Morgan fingerprint density at radius 2 is 1.38 bits per heavy atom. The summed E-state index contributed by atoms with van der Waals surface area (Å²) in [4.78, 5) is 12.1. The number of carbonyl (C=O) groups is 1. The fraction of sp³-hybridized carbons (Fsp3) is 0.333. The van der Waals surface area contributed by atoms with Crippen molar-refractivity contribution in [1.82, 2.24) is 14.1 Å². The average Bonchev–Trinajstić information content (AvgIpc) is 3.36. The Labute approximate surface area is 199 Å². The highest BCUT2D eigenvalue weighted by molar-refractivity contribution is 7.89. The first-order valence-corrected chi connectivity index (χ1v) is 12.0. The lowest BCUT2D eigenvalue weighted by molar-refractivity contribution is -0.150. The molecule has 0 spiro atoms. The number of benzene rings is 2. The van der Waals surface area contributed by atoms with Crippen molar-refractivity contribution in [3.63, 3.8) is 0 Å². The van der Waals surface area contributed by atoms with Crippen LogP contribution in [0.1, 0.15) is 25.0 Å². The monoisotopic (exact) mass is 487 g/mol. The first-order chi connectivity index (χ1) is 16.1. The Balaban J connectivity index is 1.96. The third-order valence-electron chi connectivity index (χ3n) is 5.49. The molecular weight excluding hydrogens is 458 g/mol. The van der Waals surface area contributed by atoms with E-state index in [9.17, 15) is 13.2 Å². The molecular formula is C24H29N3O6S. The van der Waals surface area contributed by atoms with Gasteiger partial charge in [0.15, 0.2) is 5.54 Å². The minimum atomic E-state index is -3.97. The average molecular weight is 488 g/mol. The summed E-state index contributed by atoms with van der Waals surface area (Å²) in [5.41, 5.74) is 0.416. The van der Waals surface area contributed by atoms with Crippen molar-refractivity contribution < 1.29 is 27.4 Å². The largest absolute Gasteiger partial charge is 0.497 e. The zero-order valence-electron chi connectivity index (χ0n) is 19.9. The van der Waals surface area contributed by atoms with Gasteiger partial charge in [-0.2, -0.15) is 9.40 Å². The van der Waals surface area contributed by atoms with Gasteiger partial charge in [0, 0.05) is 19.3 Å². The number of aromatic nitrogens is 2. The van der Waals surface area contributed by atoms with Gasteiger partial charge in [-0.1, -0.05) is 24.3 Å². The summed E-state index contributed by atoms with van der Waals surface area (Å²) in [6, 6.07) is 14.4. The highest BCUT2D eigenvalue weighted by atomic mass is 32.2. The summed E-state index contributed by atoms with van der Waals surface area (Å²) in [5, 5.41) is 4.14. The fourth-order valence-electron chi connectivity index (χ4n) is 3.33. The minimum absolute atomic E-state index is 0.0218. The van der Waals surface area contributed by atoms with Crippen molar-refractivity contribution >= 4 is 16.0 Å². The maximum absolute atomic E-state index is 13.7. The topological polar surface area (TPSA) is 100.0 Å². The van der Waals surface area contributed by atoms with Gasteiger partial charge >= 0.3 is 5.97 Å². The second-order valence-corrected chi connectivity index (χ2v) is 10.1. The molecule has 0 unspecified atom stereocenters. The molecule has 0 bridgehead atoms. The molecule has 0 amide bonds. The zero-order valence-corrected chi connectivity index (χ0v) is 20.7. The third kappa shape index (κ3) is 5.40. The van der Waals surface area contributed by atoms with E-state index in [4.69, 9.17) is 14.2 Å². The number of hydrogen-bond donors (Lipinski definition) is 0. The van der Waals surface area contributed by atoms with Crippen LogP contribution in [-0.2, 0) is 38.2 Å².